The first-order valence-corrected chi connectivity index (χ1v) is 7.97. The molecule has 0 bridgehead atoms. The number of anilines is 1. The molecule has 1 N–H and O–H groups in total. The summed E-state index contributed by atoms with van der Waals surface area (Å²) < 4.78 is 1.79. The summed E-state index contributed by atoms with van der Waals surface area (Å²) in [6.07, 6.45) is 3.13. The Morgan fingerprint density at radius 1 is 1.45 bits per heavy atom. The molecule has 0 saturated heterocycles. The number of amides is 1. The zero-order valence-electron chi connectivity index (χ0n) is 11.5. The van der Waals surface area contributed by atoms with Crippen LogP contribution in [-0.2, 0) is 18.3 Å². The van der Waals surface area contributed by atoms with Crippen molar-refractivity contribution in [2.75, 3.05) is 5.32 Å². The molecular weight excluding hydrogens is 296 g/mol. The Hall–Kier alpha value is -1.48. The van der Waals surface area contributed by atoms with Crippen molar-refractivity contribution >= 4 is 34.1 Å². The second kappa shape index (κ2) is 6.80. The standard InChI is InChI=1S/C11H16N6OS2/c1-4-7(19-11-16-12-6-17(11)3)9(18)13-10-15-14-8(5-2)20-10/h6-7H,4-5H2,1-3H3,(H,13,15,18). The molecule has 20 heavy (non-hydrogen) atoms. The Balaban J connectivity index is 2.00. The molecule has 0 aromatic carbocycles. The molecule has 0 saturated carbocycles. The van der Waals surface area contributed by atoms with Crippen LogP contribution >= 0.6 is 23.1 Å². The normalized spacial score (nSPS) is 12.3. The molecule has 1 atom stereocenters. The lowest BCUT2D eigenvalue weighted by Crippen LogP contribution is -2.24. The second-order valence-corrected chi connectivity index (χ2v) is 6.31. The first-order chi connectivity index (χ1) is 9.63. The van der Waals surface area contributed by atoms with E-state index in [-0.39, 0.29) is 11.2 Å². The minimum Gasteiger partial charge on any atom is -0.312 e. The molecule has 0 aliphatic rings. The van der Waals surface area contributed by atoms with Crippen LogP contribution in [-0.4, -0.2) is 36.1 Å². The number of carbonyl (C=O) groups excluding carboxylic acids is 1. The molecule has 2 rings (SSSR count). The maximum atomic E-state index is 12.2. The van der Waals surface area contributed by atoms with Gasteiger partial charge in [0.15, 0.2) is 5.16 Å². The molecule has 0 fully saturated rings. The number of thioether (sulfide) groups is 1. The van der Waals surface area contributed by atoms with Crippen molar-refractivity contribution in [1.82, 2.24) is 25.0 Å². The van der Waals surface area contributed by atoms with Gasteiger partial charge < -0.3 is 4.57 Å². The van der Waals surface area contributed by atoms with Gasteiger partial charge in [-0.05, 0) is 12.8 Å². The van der Waals surface area contributed by atoms with Crippen LogP contribution in [0.2, 0.25) is 0 Å². The van der Waals surface area contributed by atoms with E-state index < -0.39 is 0 Å². The molecular formula is C11H16N6OS2. The van der Waals surface area contributed by atoms with Crippen LogP contribution in [0, 0.1) is 0 Å². The molecule has 1 unspecified atom stereocenters. The summed E-state index contributed by atoms with van der Waals surface area (Å²) in [6, 6.07) is 0. The van der Waals surface area contributed by atoms with Crippen molar-refractivity contribution in [2.24, 2.45) is 7.05 Å². The third-order valence-corrected chi connectivity index (χ3v) is 4.98. The maximum absolute atomic E-state index is 12.2. The van der Waals surface area contributed by atoms with Gasteiger partial charge in [0.2, 0.25) is 11.0 Å². The van der Waals surface area contributed by atoms with Crippen molar-refractivity contribution in [1.29, 1.82) is 0 Å². The predicted octanol–water partition coefficient (Wildman–Crippen LogP) is 1.74. The van der Waals surface area contributed by atoms with E-state index in [2.05, 4.69) is 25.7 Å². The van der Waals surface area contributed by atoms with E-state index in [1.54, 1.807) is 10.9 Å². The van der Waals surface area contributed by atoms with Crippen molar-refractivity contribution in [3.8, 4) is 0 Å². The van der Waals surface area contributed by atoms with E-state index in [1.807, 2.05) is 20.9 Å². The van der Waals surface area contributed by atoms with Crippen LogP contribution in [0.1, 0.15) is 25.3 Å². The zero-order chi connectivity index (χ0) is 14.5. The van der Waals surface area contributed by atoms with Crippen LogP contribution in [0.4, 0.5) is 5.13 Å². The van der Waals surface area contributed by atoms with Crippen molar-refractivity contribution in [3.63, 3.8) is 0 Å². The lowest BCUT2D eigenvalue weighted by molar-refractivity contribution is -0.115. The van der Waals surface area contributed by atoms with Gasteiger partial charge in [0.25, 0.3) is 0 Å². The fraction of sp³-hybridized carbons (Fsp3) is 0.545. The number of rotatable bonds is 6. The SMILES string of the molecule is CCc1nnc(NC(=O)C(CC)Sc2nncn2C)s1. The Morgan fingerprint density at radius 3 is 2.80 bits per heavy atom. The summed E-state index contributed by atoms with van der Waals surface area (Å²) in [6.45, 7) is 3.97. The minimum atomic E-state index is -0.230. The summed E-state index contributed by atoms with van der Waals surface area (Å²) in [5.74, 6) is -0.0840. The van der Waals surface area contributed by atoms with Gasteiger partial charge in [-0.3, -0.25) is 10.1 Å². The van der Waals surface area contributed by atoms with E-state index in [9.17, 15) is 4.79 Å². The number of nitrogens with one attached hydrogen (secondary N) is 1. The highest BCUT2D eigenvalue weighted by Crippen LogP contribution is 2.24. The smallest absolute Gasteiger partial charge is 0.239 e. The van der Waals surface area contributed by atoms with Crippen molar-refractivity contribution in [2.45, 2.75) is 37.1 Å². The monoisotopic (exact) mass is 312 g/mol. The van der Waals surface area contributed by atoms with Crippen LogP contribution in [0.3, 0.4) is 0 Å². The second-order valence-electron chi connectivity index (χ2n) is 4.08. The Bertz CT molecular complexity index is 581. The first-order valence-electron chi connectivity index (χ1n) is 6.27. The topological polar surface area (TPSA) is 85.6 Å². The summed E-state index contributed by atoms with van der Waals surface area (Å²) >= 11 is 2.80. The molecule has 2 aromatic heterocycles. The van der Waals surface area contributed by atoms with Gasteiger partial charge in [-0.25, -0.2) is 0 Å². The van der Waals surface area contributed by atoms with E-state index in [0.717, 1.165) is 16.6 Å². The minimum absolute atomic E-state index is 0.0840. The van der Waals surface area contributed by atoms with Gasteiger partial charge >= 0.3 is 0 Å². The molecule has 108 valence electrons. The summed E-state index contributed by atoms with van der Waals surface area (Å²) in [5, 5.41) is 20.5. The summed E-state index contributed by atoms with van der Waals surface area (Å²) in [4.78, 5) is 12.2. The average molecular weight is 312 g/mol. The largest absolute Gasteiger partial charge is 0.312 e. The van der Waals surface area contributed by atoms with Gasteiger partial charge in [-0.15, -0.1) is 20.4 Å². The Kier molecular flexibility index (Phi) is 5.07. The van der Waals surface area contributed by atoms with Gasteiger partial charge in [-0.1, -0.05) is 36.9 Å². The number of aryl methyl sites for hydroxylation is 2. The molecule has 0 aliphatic carbocycles. The lowest BCUT2D eigenvalue weighted by Gasteiger charge is -2.12. The maximum Gasteiger partial charge on any atom is 0.239 e. The third-order valence-electron chi connectivity index (χ3n) is 2.58. The number of hydrogen-bond acceptors (Lipinski definition) is 7. The molecule has 0 radical (unpaired) electrons. The third kappa shape index (κ3) is 3.54. The molecule has 9 heteroatoms. The van der Waals surface area contributed by atoms with Crippen LogP contribution < -0.4 is 5.32 Å². The molecule has 0 spiro atoms. The van der Waals surface area contributed by atoms with Crippen LogP contribution in [0.15, 0.2) is 11.5 Å². The highest BCUT2D eigenvalue weighted by Gasteiger charge is 2.21. The summed E-state index contributed by atoms with van der Waals surface area (Å²) in [5.41, 5.74) is 0. The fourth-order valence-electron chi connectivity index (χ4n) is 1.46. The zero-order valence-corrected chi connectivity index (χ0v) is 13.2. The predicted molar refractivity (Wildman–Crippen MR) is 78.9 cm³/mol. The molecule has 2 aromatic rings. The van der Waals surface area contributed by atoms with Crippen LogP contribution in [0.25, 0.3) is 0 Å². The lowest BCUT2D eigenvalue weighted by atomic mass is 10.3. The van der Waals surface area contributed by atoms with Crippen molar-refractivity contribution < 1.29 is 4.79 Å². The van der Waals surface area contributed by atoms with E-state index in [1.165, 1.54) is 23.1 Å². The quantitative estimate of drug-likeness (QED) is 0.818. The summed E-state index contributed by atoms with van der Waals surface area (Å²) in [7, 11) is 1.85. The van der Waals surface area contributed by atoms with E-state index in [0.29, 0.717) is 11.6 Å². The molecule has 7 nitrogen and oxygen atoms in total. The highest BCUT2D eigenvalue weighted by atomic mass is 32.2. The average Bonchev–Trinajstić information content (AvgIpc) is 3.05. The van der Waals surface area contributed by atoms with Gasteiger partial charge in [0.05, 0.1) is 5.25 Å². The number of carbonyl (C=O) groups is 1. The molecule has 2 heterocycles. The van der Waals surface area contributed by atoms with E-state index in [4.69, 9.17) is 0 Å². The van der Waals surface area contributed by atoms with Gasteiger partial charge in [0.1, 0.15) is 11.3 Å². The Morgan fingerprint density at radius 2 is 2.25 bits per heavy atom. The number of hydrogen-bond donors (Lipinski definition) is 1. The van der Waals surface area contributed by atoms with E-state index >= 15 is 0 Å². The highest BCUT2D eigenvalue weighted by molar-refractivity contribution is 8.00. The van der Waals surface area contributed by atoms with Gasteiger partial charge in [-0.2, -0.15) is 0 Å². The molecule has 1 amide bonds. The Labute approximate surface area is 125 Å². The van der Waals surface area contributed by atoms with Crippen molar-refractivity contribution in [3.05, 3.63) is 11.3 Å². The molecule has 0 aliphatic heterocycles. The number of nitrogens with zero attached hydrogens (tertiary/aromatic N) is 5. The number of aromatic nitrogens is 5. The van der Waals surface area contributed by atoms with Gasteiger partial charge in [0, 0.05) is 7.05 Å². The fourth-order valence-corrected chi connectivity index (χ4v) is 3.04. The van der Waals surface area contributed by atoms with Crippen LogP contribution in [0.5, 0.6) is 0 Å². The first kappa shape index (κ1) is 14.9.